The molecule has 0 aliphatic carbocycles. The molecular formula is C17H24N2O. The van der Waals surface area contributed by atoms with Crippen LogP contribution in [-0.4, -0.2) is 25.4 Å². The van der Waals surface area contributed by atoms with Gasteiger partial charge in [-0.2, -0.15) is 0 Å². The number of carbonyl (C=O) groups excluding carboxylic acids is 1. The molecule has 20 heavy (non-hydrogen) atoms. The summed E-state index contributed by atoms with van der Waals surface area (Å²) in [5.74, 6) is 0.352. The Morgan fingerprint density at radius 3 is 3.00 bits per heavy atom. The molecule has 0 radical (unpaired) electrons. The maximum Gasteiger partial charge on any atom is 0.170 e. The summed E-state index contributed by atoms with van der Waals surface area (Å²) in [7, 11) is 0. The summed E-state index contributed by atoms with van der Waals surface area (Å²) in [6, 6.07) is 6.20. The van der Waals surface area contributed by atoms with E-state index in [1.165, 1.54) is 11.3 Å². The van der Waals surface area contributed by atoms with E-state index in [9.17, 15) is 4.79 Å². The topological polar surface area (TPSA) is 41.1 Å². The van der Waals surface area contributed by atoms with Crippen molar-refractivity contribution in [1.29, 1.82) is 0 Å². The Morgan fingerprint density at radius 2 is 2.25 bits per heavy atom. The number of benzene rings is 1. The number of ketones is 1. The normalized spacial score (nSPS) is 24.4. The van der Waals surface area contributed by atoms with Gasteiger partial charge in [-0.15, -0.1) is 0 Å². The lowest BCUT2D eigenvalue weighted by Gasteiger charge is -2.27. The Balaban J connectivity index is 1.86. The highest BCUT2D eigenvalue weighted by molar-refractivity contribution is 6.01. The number of hydrogen-bond donors (Lipinski definition) is 2. The van der Waals surface area contributed by atoms with E-state index in [-0.39, 0.29) is 5.41 Å². The van der Waals surface area contributed by atoms with Crippen LogP contribution in [0.25, 0.3) is 0 Å². The van der Waals surface area contributed by atoms with E-state index >= 15 is 0 Å². The second-order valence-corrected chi connectivity index (χ2v) is 6.19. The second-order valence-electron chi connectivity index (χ2n) is 6.19. The molecule has 1 fully saturated rings. The lowest BCUT2D eigenvalue weighted by molar-refractivity contribution is 0.0799. The minimum atomic E-state index is -0.156. The number of Topliss-reactive ketones (excluding diaryl/α,β-unsaturated/α-hetero) is 1. The summed E-state index contributed by atoms with van der Waals surface area (Å²) in [6.45, 7) is 5.01. The minimum Gasteiger partial charge on any atom is -0.384 e. The van der Waals surface area contributed by atoms with Crippen molar-refractivity contribution in [1.82, 2.24) is 5.32 Å². The van der Waals surface area contributed by atoms with Crippen molar-refractivity contribution in [2.24, 2.45) is 5.41 Å². The van der Waals surface area contributed by atoms with Crippen molar-refractivity contribution < 1.29 is 4.79 Å². The van der Waals surface area contributed by atoms with E-state index in [4.69, 9.17) is 0 Å². The van der Waals surface area contributed by atoms with Crippen LogP contribution in [0.4, 0.5) is 5.69 Å². The molecule has 0 spiro atoms. The molecular weight excluding hydrogens is 248 g/mol. The zero-order valence-electron chi connectivity index (χ0n) is 12.3. The molecule has 2 heterocycles. The molecule has 1 aromatic carbocycles. The summed E-state index contributed by atoms with van der Waals surface area (Å²) in [5.41, 5.74) is 3.25. The Labute approximate surface area is 121 Å². The number of rotatable bonds is 5. The number of anilines is 1. The Morgan fingerprint density at radius 1 is 1.35 bits per heavy atom. The standard InChI is InChI=1S/C17H24N2O/c1-2-3-7-17(8-10-18-12-17)16(20)14-4-5-15-13(11-14)6-9-19-15/h4-5,11,18-19H,2-3,6-10,12H2,1H3/t17-/m1/s1. The predicted molar refractivity (Wildman–Crippen MR) is 82.4 cm³/mol. The van der Waals surface area contributed by atoms with Crippen LogP contribution in [-0.2, 0) is 6.42 Å². The largest absolute Gasteiger partial charge is 0.384 e. The van der Waals surface area contributed by atoms with Crippen molar-refractivity contribution in [2.75, 3.05) is 25.0 Å². The van der Waals surface area contributed by atoms with E-state index in [1.54, 1.807) is 0 Å². The molecule has 3 nitrogen and oxygen atoms in total. The average Bonchev–Trinajstić information content (AvgIpc) is 3.13. The van der Waals surface area contributed by atoms with E-state index in [2.05, 4.69) is 29.7 Å². The van der Waals surface area contributed by atoms with Crippen LogP contribution < -0.4 is 10.6 Å². The predicted octanol–water partition coefficient (Wildman–Crippen LogP) is 3.01. The first kappa shape index (κ1) is 13.6. The van der Waals surface area contributed by atoms with Crippen LogP contribution in [0.3, 0.4) is 0 Å². The number of fused-ring (bicyclic) bond motifs is 1. The van der Waals surface area contributed by atoms with E-state index in [0.29, 0.717) is 5.78 Å². The summed E-state index contributed by atoms with van der Waals surface area (Å²) >= 11 is 0. The molecule has 0 aromatic heterocycles. The van der Waals surface area contributed by atoms with Gasteiger partial charge in [0.05, 0.1) is 0 Å². The van der Waals surface area contributed by atoms with Crippen LogP contribution in [0, 0.1) is 5.41 Å². The van der Waals surface area contributed by atoms with Gasteiger partial charge in [0.2, 0.25) is 0 Å². The molecule has 0 bridgehead atoms. The number of hydrogen-bond acceptors (Lipinski definition) is 3. The highest BCUT2D eigenvalue weighted by Gasteiger charge is 2.40. The van der Waals surface area contributed by atoms with Crippen molar-refractivity contribution in [3.8, 4) is 0 Å². The monoisotopic (exact) mass is 272 g/mol. The van der Waals surface area contributed by atoms with Crippen molar-refractivity contribution in [3.63, 3.8) is 0 Å². The third-order valence-corrected chi connectivity index (χ3v) is 4.81. The van der Waals surface area contributed by atoms with Gasteiger partial charge in [-0.1, -0.05) is 19.8 Å². The van der Waals surface area contributed by atoms with Crippen LogP contribution >= 0.6 is 0 Å². The Bertz CT molecular complexity index is 504. The van der Waals surface area contributed by atoms with Gasteiger partial charge in [0.15, 0.2) is 5.78 Å². The van der Waals surface area contributed by atoms with Crippen LogP contribution in [0.2, 0.25) is 0 Å². The molecule has 3 heteroatoms. The van der Waals surface area contributed by atoms with Crippen LogP contribution in [0.15, 0.2) is 18.2 Å². The quantitative estimate of drug-likeness (QED) is 0.810. The first-order chi connectivity index (χ1) is 9.75. The third-order valence-electron chi connectivity index (χ3n) is 4.81. The van der Waals surface area contributed by atoms with Crippen LogP contribution in [0.5, 0.6) is 0 Å². The van der Waals surface area contributed by atoms with E-state index < -0.39 is 0 Å². The summed E-state index contributed by atoms with van der Waals surface area (Å²) in [5, 5.41) is 6.75. The van der Waals surface area contributed by atoms with Gasteiger partial charge in [0.25, 0.3) is 0 Å². The molecule has 0 saturated carbocycles. The maximum absolute atomic E-state index is 13.0. The van der Waals surface area contributed by atoms with Crippen molar-refractivity contribution in [2.45, 2.75) is 39.0 Å². The van der Waals surface area contributed by atoms with Gasteiger partial charge < -0.3 is 10.6 Å². The maximum atomic E-state index is 13.0. The molecule has 2 N–H and O–H groups in total. The number of nitrogens with one attached hydrogen (secondary N) is 2. The Hall–Kier alpha value is -1.35. The molecule has 1 aromatic rings. The molecule has 3 rings (SSSR count). The lowest BCUT2D eigenvalue weighted by Crippen LogP contribution is -2.33. The fourth-order valence-electron chi connectivity index (χ4n) is 3.53. The van der Waals surface area contributed by atoms with Gasteiger partial charge in [-0.3, -0.25) is 4.79 Å². The summed E-state index contributed by atoms with van der Waals surface area (Å²) in [4.78, 5) is 13.0. The highest BCUT2D eigenvalue weighted by atomic mass is 16.1. The summed E-state index contributed by atoms with van der Waals surface area (Å²) < 4.78 is 0. The van der Waals surface area contributed by atoms with Gasteiger partial charge in [-0.05, 0) is 49.6 Å². The smallest absolute Gasteiger partial charge is 0.170 e. The molecule has 1 atom stereocenters. The first-order valence-electron chi connectivity index (χ1n) is 7.87. The summed E-state index contributed by atoms with van der Waals surface area (Å²) in [6.07, 6.45) is 5.34. The van der Waals surface area contributed by atoms with Crippen molar-refractivity contribution in [3.05, 3.63) is 29.3 Å². The average molecular weight is 272 g/mol. The molecule has 1 saturated heterocycles. The number of unbranched alkanes of at least 4 members (excludes halogenated alkanes) is 1. The van der Waals surface area contributed by atoms with Crippen molar-refractivity contribution >= 4 is 11.5 Å². The molecule has 0 unspecified atom stereocenters. The third kappa shape index (κ3) is 2.35. The fourth-order valence-corrected chi connectivity index (χ4v) is 3.53. The van der Waals surface area contributed by atoms with E-state index in [1.807, 2.05) is 6.07 Å². The zero-order chi connectivity index (χ0) is 14.0. The first-order valence-corrected chi connectivity index (χ1v) is 7.87. The van der Waals surface area contributed by atoms with E-state index in [0.717, 1.165) is 57.3 Å². The molecule has 2 aliphatic heterocycles. The molecule has 2 aliphatic rings. The SMILES string of the molecule is CCCC[C@@]1(C(=O)c2ccc3c(c2)CCN3)CCNC1. The Kier molecular flexibility index (Phi) is 3.79. The zero-order valence-corrected chi connectivity index (χ0v) is 12.3. The lowest BCUT2D eigenvalue weighted by atomic mass is 9.75. The van der Waals surface area contributed by atoms with Gasteiger partial charge in [-0.25, -0.2) is 0 Å². The van der Waals surface area contributed by atoms with Crippen LogP contribution in [0.1, 0.15) is 48.5 Å². The molecule has 0 amide bonds. The minimum absolute atomic E-state index is 0.156. The second kappa shape index (κ2) is 5.57. The van der Waals surface area contributed by atoms with Gasteiger partial charge >= 0.3 is 0 Å². The fraction of sp³-hybridized carbons (Fsp3) is 0.588. The number of carbonyl (C=O) groups is 1. The molecule has 108 valence electrons. The van der Waals surface area contributed by atoms with Gasteiger partial charge in [0.1, 0.15) is 0 Å². The highest BCUT2D eigenvalue weighted by Crippen LogP contribution is 2.36. The van der Waals surface area contributed by atoms with Gasteiger partial charge in [0, 0.05) is 29.8 Å².